The molecule has 1 heterocycles. The van der Waals surface area contributed by atoms with Crippen molar-refractivity contribution in [2.24, 2.45) is 0 Å². The number of fused-ring (bicyclic) bond motifs is 1. The fourth-order valence-corrected chi connectivity index (χ4v) is 2.67. The van der Waals surface area contributed by atoms with Crippen molar-refractivity contribution in [1.82, 2.24) is 0 Å². The molecule has 0 fully saturated rings. The average molecular weight is 310 g/mol. The third-order valence-electron chi connectivity index (χ3n) is 3.74. The summed E-state index contributed by atoms with van der Waals surface area (Å²) in [4.78, 5) is 10.8. The van der Waals surface area contributed by atoms with Crippen molar-refractivity contribution in [1.29, 1.82) is 0 Å². The molecule has 0 saturated carbocycles. The van der Waals surface area contributed by atoms with E-state index in [1.54, 1.807) is 6.07 Å². The second-order valence-electron chi connectivity index (χ2n) is 5.38. The first-order valence-corrected chi connectivity index (χ1v) is 7.64. The number of hydrogen-bond acceptors (Lipinski definition) is 3. The molecule has 118 valence electrons. The topological polar surface area (TPSA) is 59.7 Å². The molecule has 0 unspecified atom stereocenters. The molecule has 0 spiro atoms. The van der Waals surface area contributed by atoms with Gasteiger partial charge in [0.2, 0.25) is 5.76 Å². The van der Waals surface area contributed by atoms with Crippen LogP contribution in [0, 0.1) is 0 Å². The van der Waals surface area contributed by atoms with Gasteiger partial charge in [-0.3, -0.25) is 0 Å². The van der Waals surface area contributed by atoms with E-state index in [1.165, 1.54) is 17.0 Å². The highest BCUT2D eigenvalue weighted by Crippen LogP contribution is 2.30. The molecule has 4 nitrogen and oxygen atoms in total. The van der Waals surface area contributed by atoms with Gasteiger partial charge in [0.05, 0.1) is 0 Å². The second kappa shape index (κ2) is 6.57. The summed E-state index contributed by atoms with van der Waals surface area (Å²) in [6, 6.07) is 15.3. The van der Waals surface area contributed by atoms with Gasteiger partial charge in [-0.05, 0) is 35.6 Å². The predicted octanol–water partition coefficient (Wildman–Crippen LogP) is 4.66. The number of aryl methyl sites for hydroxylation is 1. The maximum atomic E-state index is 10.8. The molecular weight excluding hydrogens is 292 g/mol. The third-order valence-corrected chi connectivity index (χ3v) is 3.74. The normalized spacial score (nSPS) is 10.8. The first kappa shape index (κ1) is 15.2. The molecule has 3 rings (SSSR count). The Hall–Kier alpha value is -2.75. The molecule has 4 heteroatoms. The Morgan fingerprint density at radius 2 is 1.87 bits per heavy atom. The Morgan fingerprint density at radius 1 is 1.09 bits per heavy atom. The Bertz CT molecular complexity index is 832. The lowest BCUT2D eigenvalue weighted by Crippen LogP contribution is -1.97. The molecule has 0 saturated heterocycles. The summed E-state index contributed by atoms with van der Waals surface area (Å²) in [5.41, 5.74) is 1.31. The van der Waals surface area contributed by atoms with Gasteiger partial charge in [-0.15, -0.1) is 0 Å². The number of carboxylic acids is 1. The lowest BCUT2D eigenvalue weighted by Gasteiger charge is -2.11. The van der Waals surface area contributed by atoms with Crippen molar-refractivity contribution in [2.75, 3.05) is 0 Å². The highest BCUT2D eigenvalue weighted by Gasteiger charge is 2.11. The summed E-state index contributed by atoms with van der Waals surface area (Å²) >= 11 is 0. The lowest BCUT2D eigenvalue weighted by molar-refractivity contribution is 0.0658. The third kappa shape index (κ3) is 3.21. The summed E-state index contributed by atoms with van der Waals surface area (Å²) in [7, 11) is 0. The fraction of sp³-hybridized carbons (Fsp3) is 0.211. The summed E-state index contributed by atoms with van der Waals surface area (Å²) in [6.07, 6.45) is 2.12. The number of carboxylic acid groups (broad SMARTS) is 1. The van der Waals surface area contributed by atoms with E-state index in [-0.39, 0.29) is 12.4 Å². The molecular formula is C19H18O4. The van der Waals surface area contributed by atoms with E-state index in [0.29, 0.717) is 5.76 Å². The highest BCUT2D eigenvalue weighted by atomic mass is 16.5. The van der Waals surface area contributed by atoms with Crippen molar-refractivity contribution in [3.63, 3.8) is 0 Å². The summed E-state index contributed by atoms with van der Waals surface area (Å²) in [5, 5.41) is 11.1. The number of furan rings is 1. The van der Waals surface area contributed by atoms with Crippen LogP contribution in [0.4, 0.5) is 0 Å². The maximum absolute atomic E-state index is 10.8. The highest BCUT2D eigenvalue weighted by molar-refractivity contribution is 5.91. The Morgan fingerprint density at radius 3 is 2.57 bits per heavy atom. The zero-order valence-corrected chi connectivity index (χ0v) is 12.9. The van der Waals surface area contributed by atoms with Crippen LogP contribution < -0.4 is 4.74 Å². The van der Waals surface area contributed by atoms with Crippen LogP contribution in [0.25, 0.3) is 10.8 Å². The summed E-state index contributed by atoms with van der Waals surface area (Å²) in [6.45, 7) is 2.36. The molecule has 23 heavy (non-hydrogen) atoms. The smallest absolute Gasteiger partial charge is 0.371 e. The van der Waals surface area contributed by atoms with Crippen LogP contribution in [0.15, 0.2) is 52.9 Å². The van der Waals surface area contributed by atoms with Gasteiger partial charge >= 0.3 is 5.97 Å². The van der Waals surface area contributed by atoms with Gasteiger partial charge in [0.15, 0.2) is 0 Å². The van der Waals surface area contributed by atoms with E-state index in [1.807, 2.05) is 24.3 Å². The van der Waals surface area contributed by atoms with E-state index in [0.717, 1.165) is 24.0 Å². The molecule has 0 atom stereocenters. The molecule has 0 radical (unpaired) electrons. The number of carbonyl (C=O) groups is 1. The van der Waals surface area contributed by atoms with Gasteiger partial charge in [0.25, 0.3) is 0 Å². The van der Waals surface area contributed by atoms with Crippen molar-refractivity contribution in [3.05, 3.63) is 65.6 Å². The van der Waals surface area contributed by atoms with Gasteiger partial charge in [-0.25, -0.2) is 4.79 Å². The molecule has 0 bridgehead atoms. The first-order chi connectivity index (χ1) is 11.2. The SMILES string of the molecule is CCCc1ccc(OCc2ccc(C(=O)O)o2)c2ccccc12. The van der Waals surface area contributed by atoms with E-state index >= 15 is 0 Å². The van der Waals surface area contributed by atoms with Gasteiger partial charge in [0.1, 0.15) is 18.1 Å². The zero-order valence-electron chi connectivity index (χ0n) is 12.9. The van der Waals surface area contributed by atoms with Gasteiger partial charge in [-0.1, -0.05) is 43.7 Å². The van der Waals surface area contributed by atoms with Crippen LogP contribution in [0.2, 0.25) is 0 Å². The molecule has 3 aromatic rings. The van der Waals surface area contributed by atoms with Crippen molar-refractivity contribution < 1.29 is 19.1 Å². The quantitative estimate of drug-likeness (QED) is 0.719. The average Bonchev–Trinajstić information content (AvgIpc) is 3.04. The number of rotatable bonds is 6. The van der Waals surface area contributed by atoms with Crippen molar-refractivity contribution in [2.45, 2.75) is 26.4 Å². The molecule has 0 aliphatic heterocycles. The Kier molecular flexibility index (Phi) is 4.33. The summed E-state index contributed by atoms with van der Waals surface area (Å²) in [5.74, 6) is 0.107. The van der Waals surface area contributed by atoms with E-state index < -0.39 is 5.97 Å². The van der Waals surface area contributed by atoms with Crippen LogP contribution in [0.1, 0.15) is 35.2 Å². The first-order valence-electron chi connectivity index (χ1n) is 7.64. The van der Waals surface area contributed by atoms with Crippen LogP contribution in [0.5, 0.6) is 5.75 Å². The minimum absolute atomic E-state index is 0.0771. The number of hydrogen-bond donors (Lipinski definition) is 1. The lowest BCUT2D eigenvalue weighted by atomic mass is 10.0. The van der Waals surface area contributed by atoms with Crippen LogP contribution in [-0.4, -0.2) is 11.1 Å². The van der Waals surface area contributed by atoms with Gasteiger partial charge < -0.3 is 14.3 Å². The molecule has 1 N–H and O–H groups in total. The van der Waals surface area contributed by atoms with Crippen LogP contribution in [0.3, 0.4) is 0 Å². The zero-order chi connectivity index (χ0) is 16.2. The minimum atomic E-state index is -1.08. The van der Waals surface area contributed by atoms with Gasteiger partial charge in [-0.2, -0.15) is 0 Å². The number of aromatic carboxylic acids is 1. The van der Waals surface area contributed by atoms with Crippen molar-refractivity contribution in [3.8, 4) is 5.75 Å². The molecule has 2 aromatic carbocycles. The standard InChI is InChI=1S/C19H18O4/c1-2-5-13-8-10-17(16-7-4-3-6-15(13)16)22-12-14-9-11-18(23-14)19(20)21/h3-4,6-11H,2,5,12H2,1H3,(H,20,21). The maximum Gasteiger partial charge on any atom is 0.371 e. The number of ether oxygens (including phenoxy) is 1. The summed E-state index contributed by atoms with van der Waals surface area (Å²) < 4.78 is 11.1. The van der Waals surface area contributed by atoms with E-state index in [9.17, 15) is 4.79 Å². The predicted molar refractivity (Wildman–Crippen MR) is 87.9 cm³/mol. The fourth-order valence-electron chi connectivity index (χ4n) is 2.67. The second-order valence-corrected chi connectivity index (χ2v) is 5.38. The van der Waals surface area contributed by atoms with Crippen LogP contribution in [-0.2, 0) is 13.0 Å². The molecule has 0 aliphatic carbocycles. The largest absolute Gasteiger partial charge is 0.485 e. The van der Waals surface area contributed by atoms with E-state index in [2.05, 4.69) is 19.1 Å². The van der Waals surface area contributed by atoms with Crippen molar-refractivity contribution >= 4 is 16.7 Å². The van der Waals surface area contributed by atoms with Gasteiger partial charge in [0, 0.05) is 5.39 Å². The number of benzene rings is 2. The minimum Gasteiger partial charge on any atom is -0.485 e. The molecule has 0 amide bonds. The Balaban J connectivity index is 1.85. The van der Waals surface area contributed by atoms with E-state index in [4.69, 9.17) is 14.3 Å². The van der Waals surface area contributed by atoms with Crippen LogP contribution >= 0.6 is 0 Å². The monoisotopic (exact) mass is 310 g/mol. The molecule has 0 aliphatic rings. The Labute approximate surface area is 134 Å². The molecule has 1 aromatic heterocycles.